The zero-order chi connectivity index (χ0) is 13.4. The Morgan fingerprint density at radius 3 is 2.39 bits per heavy atom. The van der Waals surface area contributed by atoms with E-state index in [2.05, 4.69) is 31.0 Å². The van der Waals surface area contributed by atoms with Crippen LogP contribution < -0.4 is 0 Å². The molecule has 0 fully saturated rings. The zero-order valence-electron chi connectivity index (χ0n) is 11.6. The third kappa shape index (κ3) is 5.85. The van der Waals surface area contributed by atoms with Crippen LogP contribution in [-0.2, 0) is 25.3 Å². The molecule has 0 radical (unpaired) electrons. The molecule has 0 amide bonds. The molecule has 101 valence electrons. The number of hydrogen-bond acceptors (Lipinski definition) is 4. The first-order valence-electron chi connectivity index (χ1n) is 6.16. The molecule has 3 nitrogen and oxygen atoms in total. The molecule has 2 atom stereocenters. The fourth-order valence-corrected chi connectivity index (χ4v) is 5.27. The topological polar surface area (TPSA) is 31.4 Å². The molecule has 0 aromatic carbocycles. The third-order valence-electron chi connectivity index (χ3n) is 2.82. The van der Waals surface area contributed by atoms with Gasteiger partial charge >= 0.3 is 122 Å². The van der Waals surface area contributed by atoms with Gasteiger partial charge in [-0.15, -0.1) is 0 Å². The molecule has 0 aliphatic heterocycles. The van der Waals surface area contributed by atoms with Gasteiger partial charge in [0.15, 0.2) is 0 Å². The van der Waals surface area contributed by atoms with Gasteiger partial charge in [0.1, 0.15) is 0 Å². The fourth-order valence-electron chi connectivity index (χ4n) is 1.74. The molecule has 0 saturated carbocycles. The Kier molecular flexibility index (Phi) is 8.19. The molecule has 0 bridgehead atoms. The summed E-state index contributed by atoms with van der Waals surface area (Å²) in [6, 6.07) is 4.18. The molecule has 0 spiro atoms. The third-order valence-corrected chi connectivity index (χ3v) is 6.71. The molecule has 0 aliphatic rings. The van der Waals surface area contributed by atoms with E-state index >= 15 is 0 Å². The van der Waals surface area contributed by atoms with E-state index in [0.717, 1.165) is 11.1 Å². The van der Waals surface area contributed by atoms with Gasteiger partial charge < -0.3 is 0 Å². The summed E-state index contributed by atoms with van der Waals surface area (Å²) in [4.78, 5) is 4.05. The van der Waals surface area contributed by atoms with Crippen LogP contribution in [0.3, 0.4) is 0 Å². The van der Waals surface area contributed by atoms with Crippen molar-refractivity contribution < 1.29 is 25.3 Å². The number of nitrogens with zero attached hydrogens (tertiary/aromatic N) is 1. The molecule has 5 heteroatoms. The van der Waals surface area contributed by atoms with Gasteiger partial charge in [-0.3, -0.25) is 0 Å². The van der Waals surface area contributed by atoms with Crippen LogP contribution >= 0.6 is 11.8 Å². The van der Waals surface area contributed by atoms with Crippen LogP contribution in [0.15, 0.2) is 24.5 Å². The molecule has 1 rings (SSSR count). The molecule has 1 aromatic heterocycles. The molecule has 1 heterocycles. The van der Waals surface area contributed by atoms with Crippen molar-refractivity contribution in [2.45, 2.75) is 35.5 Å². The Bertz CT molecular complexity index is 322. The molecular formula is C13H22NO2STi. The van der Waals surface area contributed by atoms with Crippen LogP contribution in [0.1, 0.15) is 31.1 Å². The second-order valence-corrected chi connectivity index (χ2v) is 9.19. The maximum atomic E-state index is 5.37. The average molecular weight is 304 g/mol. The first-order chi connectivity index (χ1) is 8.67. The van der Waals surface area contributed by atoms with E-state index in [1.165, 1.54) is 5.56 Å². The second-order valence-electron chi connectivity index (χ2n) is 4.19. The van der Waals surface area contributed by atoms with E-state index in [4.69, 9.17) is 6.64 Å². The monoisotopic (exact) mass is 304 g/mol. The van der Waals surface area contributed by atoms with Gasteiger partial charge in [0, 0.05) is 0 Å². The van der Waals surface area contributed by atoms with E-state index in [1.807, 2.05) is 24.2 Å². The normalized spacial score (nSPS) is 14.2. The van der Waals surface area contributed by atoms with Crippen molar-refractivity contribution in [2.24, 2.45) is 0 Å². The average Bonchev–Trinajstić information content (AvgIpc) is 2.41. The van der Waals surface area contributed by atoms with E-state index in [9.17, 15) is 0 Å². The molecule has 0 saturated heterocycles. The molecule has 1 aromatic rings. The first-order valence-corrected chi connectivity index (χ1v) is 9.48. The Labute approximate surface area is 121 Å². The van der Waals surface area contributed by atoms with Crippen molar-refractivity contribution in [1.82, 2.24) is 4.98 Å². The SMILES string of the molecule is C[O][Ti]([CH2]CC(C)SC(C)c1ccncc1)[O]C. The van der Waals surface area contributed by atoms with E-state index in [1.54, 1.807) is 14.2 Å². The summed E-state index contributed by atoms with van der Waals surface area (Å²) in [5, 5.41) is 1.14. The van der Waals surface area contributed by atoms with Crippen molar-refractivity contribution in [3.8, 4) is 0 Å². The van der Waals surface area contributed by atoms with Crippen LogP contribution in [0, 0.1) is 0 Å². The van der Waals surface area contributed by atoms with Crippen LogP contribution in [-0.4, -0.2) is 24.5 Å². The number of pyridine rings is 1. The van der Waals surface area contributed by atoms with E-state index < -0.39 is 18.6 Å². The Hall–Kier alpha value is 0.134. The van der Waals surface area contributed by atoms with E-state index in [-0.39, 0.29) is 0 Å². The minimum absolute atomic E-state index is 0.511. The van der Waals surface area contributed by atoms with Crippen LogP contribution in [0.4, 0.5) is 0 Å². The number of rotatable bonds is 8. The van der Waals surface area contributed by atoms with Crippen molar-refractivity contribution in [3.63, 3.8) is 0 Å². The van der Waals surface area contributed by atoms with Gasteiger partial charge in [0.05, 0.1) is 0 Å². The van der Waals surface area contributed by atoms with Crippen LogP contribution in [0.25, 0.3) is 0 Å². The molecule has 18 heavy (non-hydrogen) atoms. The number of hydrogen-bond donors (Lipinski definition) is 0. The Morgan fingerprint density at radius 1 is 1.22 bits per heavy atom. The van der Waals surface area contributed by atoms with Crippen LogP contribution in [0.5, 0.6) is 0 Å². The second kappa shape index (κ2) is 9.10. The molecule has 0 aliphatic carbocycles. The summed E-state index contributed by atoms with van der Waals surface area (Å²) in [5.41, 5.74) is 1.34. The first kappa shape index (κ1) is 16.2. The van der Waals surface area contributed by atoms with Gasteiger partial charge in [-0.25, -0.2) is 0 Å². The van der Waals surface area contributed by atoms with Crippen LogP contribution in [0.2, 0.25) is 4.73 Å². The quantitative estimate of drug-likeness (QED) is 0.683. The zero-order valence-corrected chi connectivity index (χ0v) is 13.9. The Balaban J connectivity index is 2.33. The van der Waals surface area contributed by atoms with Crippen molar-refractivity contribution >= 4 is 11.8 Å². The molecular weight excluding hydrogens is 282 g/mol. The summed E-state index contributed by atoms with van der Waals surface area (Å²) >= 11 is 0.350. The molecule has 2 unspecified atom stereocenters. The fraction of sp³-hybridized carbons (Fsp3) is 0.615. The number of thioether (sulfide) groups is 1. The van der Waals surface area contributed by atoms with Crippen molar-refractivity contribution in [3.05, 3.63) is 30.1 Å². The van der Waals surface area contributed by atoms with Gasteiger partial charge in [-0.05, 0) is 0 Å². The summed E-state index contributed by atoms with van der Waals surface area (Å²) in [7, 11) is 3.52. The minimum atomic E-state index is -1.65. The Morgan fingerprint density at radius 2 is 1.83 bits per heavy atom. The molecule has 0 N–H and O–H groups in total. The van der Waals surface area contributed by atoms with Crippen molar-refractivity contribution in [2.75, 3.05) is 14.2 Å². The summed E-state index contributed by atoms with van der Waals surface area (Å²) in [6.45, 7) is 4.53. The predicted molar refractivity (Wildman–Crippen MR) is 73.1 cm³/mol. The standard InChI is InChI=1S/C11H16NS.2CH3O.Ti/c1-4-9(2)13-10(3)11-5-7-12-8-6-11;2*1-2;/h5-10H,1,4H2,2-3H3;2*1H3;/q;2*-1;+2. The van der Waals surface area contributed by atoms with Crippen molar-refractivity contribution in [1.29, 1.82) is 0 Å². The van der Waals surface area contributed by atoms with Gasteiger partial charge in [-0.1, -0.05) is 0 Å². The summed E-state index contributed by atoms with van der Waals surface area (Å²) in [6.07, 6.45) is 4.88. The summed E-state index contributed by atoms with van der Waals surface area (Å²) in [5.74, 6) is 0. The van der Waals surface area contributed by atoms with E-state index in [0.29, 0.717) is 10.5 Å². The predicted octanol–water partition coefficient (Wildman–Crippen LogP) is 3.81. The van der Waals surface area contributed by atoms with Gasteiger partial charge in [0.2, 0.25) is 0 Å². The summed E-state index contributed by atoms with van der Waals surface area (Å²) < 4.78 is 11.8. The maximum absolute atomic E-state index is 5.37. The van der Waals surface area contributed by atoms with Gasteiger partial charge in [0.25, 0.3) is 0 Å². The van der Waals surface area contributed by atoms with Gasteiger partial charge in [-0.2, -0.15) is 0 Å². The number of aromatic nitrogens is 1.